The molecule has 132 valence electrons. The molecule has 0 saturated carbocycles. The van der Waals surface area contributed by atoms with E-state index in [1.165, 1.54) is 4.68 Å². The minimum Gasteiger partial charge on any atom is -0.396 e. The van der Waals surface area contributed by atoms with Crippen LogP contribution >= 0.6 is 23.2 Å². The van der Waals surface area contributed by atoms with E-state index in [9.17, 15) is 4.79 Å². The molecule has 0 aliphatic rings. The first-order chi connectivity index (χ1) is 12.1. The van der Waals surface area contributed by atoms with Crippen molar-refractivity contribution in [3.63, 3.8) is 0 Å². The van der Waals surface area contributed by atoms with Crippen LogP contribution in [0.15, 0.2) is 23.0 Å². The summed E-state index contributed by atoms with van der Waals surface area (Å²) in [5, 5.41) is 20.7. The number of unbranched alkanes of at least 4 members (excludes halogenated alkanes) is 1. The van der Waals surface area contributed by atoms with E-state index in [0.717, 1.165) is 5.56 Å². The van der Waals surface area contributed by atoms with Crippen LogP contribution in [0.4, 0.5) is 5.95 Å². The van der Waals surface area contributed by atoms with Crippen LogP contribution in [0.3, 0.4) is 0 Å². The summed E-state index contributed by atoms with van der Waals surface area (Å²) < 4.78 is 1.50. The second kappa shape index (κ2) is 7.81. The quantitative estimate of drug-likeness (QED) is 0.540. The van der Waals surface area contributed by atoms with Gasteiger partial charge in [0, 0.05) is 19.7 Å². The molecule has 3 aromatic rings. The molecular formula is C15H16Cl2N6O2. The minimum atomic E-state index is -0.323. The van der Waals surface area contributed by atoms with Gasteiger partial charge in [0.1, 0.15) is 0 Å². The molecule has 0 bridgehead atoms. The van der Waals surface area contributed by atoms with Crippen LogP contribution in [0.5, 0.6) is 0 Å². The molecule has 2 heterocycles. The Kier molecular flexibility index (Phi) is 5.52. The number of aliphatic hydroxyl groups is 1. The van der Waals surface area contributed by atoms with Crippen molar-refractivity contribution in [2.24, 2.45) is 0 Å². The lowest BCUT2D eigenvalue weighted by Gasteiger charge is -2.06. The Morgan fingerprint density at radius 3 is 2.84 bits per heavy atom. The van der Waals surface area contributed by atoms with Crippen molar-refractivity contribution >= 4 is 40.3 Å². The minimum absolute atomic E-state index is 0.101. The van der Waals surface area contributed by atoms with Crippen molar-refractivity contribution in [3.05, 3.63) is 44.2 Å². The van der Waals surface area contributed by atoms with Crippen molar-refractivity contribution in [3.8, 4) is 0 Å². The maximum atomic E-state index is 12.3. The number of H-pyrrole nitrogens is 1. The molecule has 0 aliphatic carbocycles. The van der Waals surface area contributed by atoms with Crippen LogP contribution in [0, 0.1) is 0 Å². The number of aryl methyl sites for hydroxylation is 1. The number of rotatable bonds is 7. The van der Waals surface area contributed by atoms with E-state index in [2.05, 4.69) is 25.6 Å². The highest BCUT2D eigenvalue weighted by Gasteiger charge is 2.12. The number of nitrogens with one attached hydrogen (secondary N) is 2. The molecule has 8 nitrogen and oxygen atoms in total. The van der Waals surface area contributed by atoms with Gasteiger partial charge < -0.3 is 10.4 Å². The van der Waals surface area contributed by atoms with E-state index in [1.54, 1.807) is 12.1 Å². The predicted molar refractivity (Wildman–Crippen MR) is 96.1 cm³/mol. The number of anilines is 1. The molecule has 10 heteroatoms. The monoisotopic (exact) mass is 382 g/mol. The number of benzene rings is 1. The fourth-order valence-electron chi connectivity index (χ4n) is 2.35. The average molecular weight is 383 g/mol. The van der Waals surface area contributed by atoms with E-state index in [4.69, 9.17) is 28.3 Å². The summed E-state index contributed by atoms with van der Waals surface area (Å²) in [4.78, 5) is 19.2. The van der Waals surface area contributed by atoms with Gasteiger partial charge in [-0.25, -0.2) is 4.68 Å². The second-order valence-corrected chi connectivity index (χ2v) is 6.25. The second-order valence-electron chi connectivity index (χ2n) is 5.43. The molecule has 0 radical (unpaired) electrons. The number of aromatic amines is 1. The van der Waals surface area contributed by atoms with Gasteiger partial charge in [0.05, 0.1) is 10.0 Å². The van der Waals surface area contributed by atoms with Crippen LogP contribution in [-0.2, 0) is 13.1 Å². The predicted octanol–water partition coefficient (Wildman–Crippen LogP) is 2.21. The Bertz CT molecular complexity index is 939. The molecule has 0 spiro atoms. The molecule has 3 rings (SSSR count). The third kappa shape index (κ3) is 4.09. The summed E-state index contributed by atoms with van der Waals surface area (Å²) in [5.41, 5.74) is 1.16. The van der Waals surface area contributed by atoms with Crippen LogP contribution in [0.25, 0.3) is 11.2 Å². The molecule has 25 heavy (non-hydrogen) atoms. The fourth-order valence-corrected chi connectivity index (χ4v) is 2.67. The molecule has 0 aliphatic heterocycles. The summed E-state index contributed by atoms with van der Waals surface area (Å²) in [7, 11) is 0. The Balaban J connectivity index is 1.76. The molecule has 0 fully saturated rings. The third-order valence-corrected chi connectivity index (χ3v) is 4.34. The highest BCUT2D eigenvalue weighted by Crippen LogP contribution is 2.22. The third-order valence-electron chi connectivity index (χ3n) is 3.60. The summed E-state index contributed by atoms with van der Waals surface area (Å²) in [6.07, 6.45) is 1.34. The van der Waals surface area contributed by atoms with E-state index in [-0.39, 0.29) is 17.8 Å². The van der Waals surface area contributed by atoms with Crippen molar-refractivity contribution in [1.29, 1.82) is 0 Å². The molecule has 0 amide bonds. The van der Waals surface area contributed by atoms with Gasteiger partial charge in [-0.15, -0.1) is 5.10 Å². The summed E-state index contributed by atoms with van der Waals surface area (Å²) in [6, 6.07) is 5.28. The van der Waals surface area contributed by atoms with Crippen molar-refractivity contribution in [1.82, 2.24) is 25.0 Å². The van der Waals surface area contributed by atoms with Gasteiger partial charge >= 0.3 is 0 Å². The lowest BCUT2D eigenvalue weighted by molar-refractivity contribution is 0.280. The van der Waals surface area contributed by atoms with Gasteiger partial charge in [-0.1, -0.05) is 34.5 Å². The first-order valence-electron chi connectivity index (χ1n) is 7.70. The van der Waals surface area contributed by atoms with Crippen molar-refractivity contribution < 1.29 is 5.11 Å². The lowest BCUT2D eigenvalue weighted by atomic mass is 10.2. The van der Waals surface area contributed by atoms with E-state index in [0.29, 0.717) is 47.4 Å². The fraction of sp³-hybridized carbons (Fsp3) is 0.333. The smallest absolute Gasteiger partial charge is 0.280 e. The maximum Gasteiger partial charge on any atom is 0.280 e. The van der Waals surface area contributed by atoms with E-state index >= 15 is 0 Å². The Hall–Kier alpha value is -2.16. The topological polar surface area (TPSA) is 109 Å². The molecular weight excluding hydrogens is 367 g/mol. The van der Waals surface area contributed by atoms with Gasteiger partial charge in [-0.05, 0) is 30.5 Å². The SMILES string of the molecule is O=c1[nH]c(NCc2ccc(Cl)c(Cl)c2)nc2nnn(CCCCO)c12. The molecule has 2 aromatic heterocycles. The molecule has 1 aromatic carbocycles. The number of hydrogen-bond donors (Lipinski definition) is 3. The van der Waals surface area contributed by atoms with Crippen LogP contribution < -0.4 is 10.9 Å². The van der Waals surface area contributed by atoms with Gasteiger partial charge in [0.2, 0.25) is 11.6 Å². The highest BCUT2D eigenvalue weighted by atomic mass is 35.5. The van der Waals surface area contributed by atoms with Gasteiger partial charge in [0.15, 0.2) is 5.52 Å². The number of aliphatic hydroxyl groups excluding tert-OH is 1. The molecule has 0 saturated heterocycles. The Morgan fingerprint density at radius 1 is 1.24 bits per heavy atom. The highest BCUT2D eigenvalue weighted by molar-refractivity contribution is 6.42. The summed E-state index contributed by atoms with van der Waals surface area (Å²) in [6.45, 7) is 1.01. The van der Waals surface area contributed by atoms with E-state index in [1.807, 2.05) is 6.07 Å². The summed E-state index contributed by atoms with van der Waals surface area (Å²) in [5.74, 6) is 0.297. The number of hydrogen-bond acceptors (Lipinski definition) is 6. The Morgan fingerprint density at radius 2 is 2.08 bits per heavy atom. The molecule has 0 unspecified atom stereocenters. The Labute approximate surface area is 152 Å². The zero-order chi connectivity index (χ0) is 17.8. The number of halogens is 2. The maximum absolute atomic E-state index is 12.3. The lowest BCUT2D eigenvalue weighted by Crippen LogP contribution is -2.16. The van der Waals surface area contributed by atoms with Crippen molar-refractivity contribution in [2.75, 3.05) is 11.9 Å². The summed E-state index contributed by atoms with van der Waals surface area (Å²) >= 11 is 11.9. The van der Waals surface area contributed by atoms with Gasteiger partial charge in [0.25, 0.3) is 5.56 Å². The standard InChI is InChI=1S/C15H16Cl2N6O2/c16-10-4-3-9(7-11(10)17)8-18-15-19-13-12(14(25)20-15)23(22-21-13)5-1-2-6-24/h3-4,7,24H,1-2,5-6,8H2,(H2,18,19,20,25). The van der Waals surface area contributed by atoms with Crippen LogP contribution in [0.1, 0.15) is 18.4 Å². The van der Waals surface area contributed by atoms with Crippen LogP contribution in [0.2, 0.25) is 10.0 Å². The first kappa shape index (κ1) is 17.7. The van der Waals surface area contributed by atoms with Gasteiger partial charge in [-0.3, -0.25) is 9.78 Å². The zero-order valence-electron chi connectivity index (χ0n) is 13.2. The molecule has 3 N–H and O–H groups in total. The molecule has 0 atom stereocenters. The average Bonchev–Trinajstić information content (AvgIpc) is 3.00. The normalized spacial score (nSPS) is 11.2. The van der Waals surface area contributed by atoms with E-state index < -0.39 is 0 Å². The number of nitrogens with zero attached hydrogens (tertiary/aromatic N) is 4. The van der Waals surface area contributed by atoms with Crippen LogP contribution in [-0.4, -0.2) is 36.7 Å². The largest absolute Gasteiger partial charge is 0.396 e. The zero-order valence-corrected chi connectivity index (χ0v) is 14.7. The number of aromatic nitrogens is 5. The number of fused-ring (bicyclic) bond motifs is 1. The van der Waals surface area contributed by atoms with Gasteiger partial charge in [-0.2, -0.15) is 4.98 Å². The first-order valence-corrected chi connectivity index (χ1v) is 8.46. The van der Waals surface area contributed by atoms with Crippen molar-refractivity contribution in [2.45, 2.75) is 25.9 Å².